The summed E-state index contributed by atoms with van der Waals surface area (Å²) >= 11 is 10.5. The van der Waals surface area contributed by atoms with Gasteiger partial charge in [-0.05, 0) is 71.0 Å². The van der Waals surface area contributed by atoms with E-state index in [1.54, 1.807) is 21.8 Å². The molecule has 0 unspecified atom stereocenters. The lowest BCUT2D eigenvalue weighted by Gasteiger charge is -2.03. The van der Waals surface area contributed by atoms with Gasteiger partial charge in [-0.2, -0.15) is 10.2 Å². The molecule has 0 saturated heterocycles. The second kappa shape index (κ2) is 5.96. The van der Waals surface area contributed by atoms with Crippen molar-refractivity contribution in [3.8, 4) is 0 Å². The lowest BCUT2D eigenvalue weighted by Crippen LogP contribution is -2.07. The van der Waals surface area contributed by atoms with Gasteiger partial charge in [-0.25, -0.2) is 9.36 Å². The van der Waals surface area contributed by atoms with Crippen molar-refractivity contribution in [2.45, 2.75) is 13.8 Å². The van der Waals surface area contributed by atoms with Gasteiger partial charge >= 0.3 is 0 Å². The van der Waals surface area contributed by atoms with E-state index in [0.717, 1.165) is 11.1 Å². The van der Waals surface area contributed by atoms with Crippen LogP contribution in [0, 0.1) is 13.8 Å². The van der Waals surface area contributed by atoms with E-state index in [0.29, 0.717) is 8.64 Å². The molecular weight excluding hydrogens is 304 g/mol. The molecule has 0 spiro atoms. The molecule has 0 atom stereocenters. The Kier molecular flexibility index (Phi) is 4.55. The number of rotatable bonds is 0. The number of hydrogen-bond acceptors (Lipinski definition) is 6. The van der Waals surface area contributed by atoms with Gasteiger partial charge in [-0.3, -0.25) is 0 Å². The van der Waals surface area contributed by atoms with Crippen molar-refractivity contribution in [1.82, 2.24) is 19.6 Å². The quantitative estimate of drug-likeness (QED) is 0.549. The highest BCUT2D eigenvalue weighted by Crippen LogP contribution is 2.26. The summed E-state index contributed by atoms with van der Waals surface area (Å²) in [5.74, 6) is 0. The lowest BCUT2D eigenvalue weighted by atomic mass is 10.4. The van der Waals surface area contributed by atoms with E-state index in [4.69, 9.17) is 24.4 Å². The van der Waals surface area contributed by atoms with E-state index in [1.807, 2.05) is 26.2 Å². The first-order chi connectivity index (χ1) is 8.56. The summed E-state index contributed by atoms with van der Waals surface area (Å²) in [6.45, 7) is 3.95. The van der Waals surface area contributed by atoms with Gasteiger partial charge in [0.15, 0.2) is 8.64 Å². The van der Waals surface area contributed by atoms with Crippen molar-refractivity contribution in [3.05, 3.63) is 35.9 Å². The van der Waals surface area contributed by atoms with Gasteiger partial charge in [0.05, 0.1) is 12.4 Å². The predicted octanol–water partition coefficient (Wildman–Crippen LogP) is 3.04. The van der Waals surface area contributed by atoms with Crippen LogP contribution in [0.1, 0.15) is 11.1 Å². The third kappa shape index (κ3) is 3.41. The van der Waals surface area contributed by atoms with Crippen molar-refractivity contribution in [2.75, 3.05) is 0 Å². The molecule has 0 aliphatic heterocycles. The zero-order chi connectivity index (χ0) is 13.1. The minimum Gasteiger partial charge on any atom is -0.222 e. The molecule has 0 radical (unpaired) electrons. The van der Waals surface area contributed by atoms with E-state index in [1.165, 1.54) is 21.6 Å². The van der Waals surface area contributed by atoms with E-state index in [-0.39, 0.29) is 0 Å². The molecular formula is C10H10N4S4. The van der Waals surface area contributed by atoms with Crippen LogP contribution in [0.15, 0.2) is 24.8 Å². The predicted molar refractivity (Wildman–Crippen MR) is 85.1 cm³/mol. The number of thiocarbonyl (C=S) groups is 2. The first kappa shape index (κ1) is 13.7. The molecule has 0 bridgehead atoms. The van der Waals surface area contributed by atoms with Crippen molar-refractivity contribution in [1.29, 1.82) is 0 Å². The van der Waals surface area contributed by atoms with Crippen LogP contribution in [-0.4, -0.2) is 28.2 Å². The van der Waals surface area contributed by atoms with E-state index in [9.17, 15) is 0 Å². The van der Waals surface area contributed by atoms with Crippen LogP contribution >= 0.6 is 46.0 Å². The molecule has 18 heavy (non-hydrogen) atoms. The lowest BCUT2D eigenvalue weighted by molar-refractivity contribution is 0.964. The molecule has 2 rings (SSSR count). The first-order valence-corrected chi connectivity index (χ1v) is 7.98. The summed E-state index contributed by atoms with van der Waals surface area (Å²) in [5.41, 5.74) is 2.15. The molecule has 2 aromatic rings. The maximum Gasteiger partial charge on any atom is 0.172 e. The molecule has 0 aliphatic rings. The van der Waals surface area contributed by atoms with E-state index >= 15 is 0 Å². The summed E-state index contributed by atoms with van der Waals surface area (Å²) in [6, 6.07) is 0. The smallest absolute Gasteiger partial charge is 0.172 e. The van der Waals surface area contributed by atoms with E-state index in [2.05, 4.69) is 10.2 Å². The first-order valence-electron chi connectivity index (χ1n) is 5.02. The summed E-state index contributed by atoms with van der Waals surface area (Å²) in [7, 11) is 2.80. The molecule has 0 N–H and O–H groups in total. The van der Waals surface area contributed by atoms with Crippen LogP contribution in [0.2, 0.25) is 0 Å². The van der Waals surface area contributed by atoms with Crippen LogP contribution in [0.25, 0.3) is 0 Å². The average molecular weight is 314 g/mol. The van der Waals surface area contributed by atoms with Crippen LogP contribution in [-0.2, 0) is 0 Å². The maximum atomic E-state index is 5.26. The van der Waals surface area contributed by atoms with Gasteiger partial charge < -0.3 is 0 Å². The third-order valence-electron chi connectivity index (χ3n) is 1.98. The monoisotopic (exact) mass is 314 g/mol. The fourth-order valence-electron chi connectivity index (χ4n) is 1.17. The Morgan fingerprint density at radius 1 is 0.944 bits per heavy atom. The highest BCUT2D eigenvalue weighted by Gasteiger charge is 2.08. The largest absolute Gasteiger partial charge is 0.222 e. The van der Waals surface area contributed by atoms with Gasteiger partial charge in [0, 0.05) is 12.4 Å². The zero-order valence-electron chi connectivity index (χ0n) is 9.73. The number of aryl methyl sites for hydroxylation is 2. The van der Waals surface area contributed by atoms with Crippen molar-refractivity contribution < 1.29 is 0 Å². The summed E-state index contributed by atoms with van der Waals surface area (Å²) in [6.07, 6.45) is 7.31. The Labute approximate surface area is 124 Å². The zero-order valence-corrected chi connectivity index (χ0v) is 13.0. The SMILES string of the molecule is Cc1cnn(C(=S)SSC(=S)n2cc(C)cn2)c1. The van der Waals surface area contributed by atoms with Crippen LogP contribution in [0.5, 0.6) is 0 Å². The van der Waals surface area contributed by atoms with Crippen LogP contribution < -0.4 is 0 Å². The van der Waals surface area contributed by atoms with Gasteiger partial charge in [0.1, 0.15) is 0 Å². The van der Waals surface area contributed by atoms with Crippen molar-refractivity contribution >= 4 is 54.7 Å². The number of aromatic nitrogens is 4. The minimum absolute atomic E-state index is 0.652. The Morgan fingerprint density at radius 2 is 1.33 bits per heavy atom. The molecule has 2 heterocycles. The van der Waals surface area contributed by atoms with Gasteiger partial charge in [-0.1, -0.05) is 0 Å². The molecule has 2 aromatic heterocycles. The van der Waals surface area contributed by atoms with Crippen molar-refractivity contribution in [3.63, 3.8) is 0 Å². The summed E-state index contributed by atoms with van der Waals surface area (Å²) in [5, 5.41) is 8.29. The second-order valence-corrected chi connectivity index (χ2v) is 7.02. The fourth-order valence-corrected chi connectivity index (χ4v) is 3.37. The summed E-state index contributed by atoms with van der Waals surface area (Å²) < 4.78 is 4.64. The number of nitrogens with zero attached hydrogens (tertiary/aromatic N) is 4. The van der Waals surface area contributed by atoms with Gasteiger partial charge in [-0.15, -0.1) is 0 Å². The molecule has 0 amide bonds. The van der Waals surface area contributed by atoms with Gasteiger partial charge in [0.2, 0.25) is 0 Å². The Bertz CT molecular complexity index is 534. The second-order valence-electron chi connectivity index (χ2n) is 3.62. The highest BCUT2D eigenvalue weighted by molar-refractivity contribution is 8.89. The minimum atomic E-state index is 0.652. The molecule has 0 fully saturated rings. The Balaban J connectivity index is 1.92. The van der Waals surface area contributed by atoms with Crippen molar-refractivity contribution in [2.24, 2.45) is 0 Å². The van der Waals surface area contributed by atoms with Crippen LogP contribution in [0.4, 0.5) is 0 Å². The average Bonchev–Trinajstić information content (AvgIpc) is 2.94. The standard InChI is InChI=1S/C10H10N4S4/c1-7-3-11-13(5-7)9(15)17-18-10(16)14-6-8(2)4-12-14/h3-6H,1-2H3. The topological polar surface area (TPSA) is 35.6 Å². The van der Waals surface area contributed by atoms with Crippen LogP contribution in [0.3, 0.4) is 0 Å². The fraction of sp³-hybridized carbons (Fsp3) is 0.200. The molecule has 4 nitrogen and oxygen atoms in total. The maximum absolute atomic E-state index is 5.26. The number of hydrogen-bond donors (Lipinski definition) is 0. The highest BCUT2D eigenvalue weighted by atomic mass is 33.1. The molecule has 0 aliphatic carbocycles. The molecule has 94 valence electrons. The Morgan fingerprint density at radius 3 is 1.61 bits per heavy atom. The molecule has 0 aromatic carbocycles. The Hall–Kier alpha value is -0.700. The van der Waals surface area contributed by atoms with Gasteiger partial charge in [0.25, 0.3) is 0 Å². The third-order valence-corrected chi connectivity index (χ3v) is 5.43. The molecule has 0 saturated carbocycles. The summed E-state index contributed by atoms with van der Waals surface area (Å²) in [4.78, 5) is 0. The van der Waals surface area contributed by atoms with E-state index < -0.39 is 0 Å². The molecule has 8 heteroatoms. The normalized spacial score (nSPS) is 10.6.